The van der Waals surface area contributed by atoms with Crippen molar-refractivity contribution >= 4 is 5.91 Å². The third-order valence-corrected chi connectivity index (χ3v) is 2.17. The number of nitrogens with zero attached hydrogens (tertiary/aromatic N) is 3. The van der Waals surface area contributed by atoms with Crippen molar-refractivity contribution in [3.63, 3.8) is 0 Å². The number of aryl methyl sites for hydroxylation is 1. The normalized spacial score (nSPS) is 11.4. The Labute approximate surface area is 93.1 Å². The highest BCUT2D eigenvalue weighted by Crippen LogP contribution is 2.01. The monoisotopic (exact) mass is 228 g/mol. The predicted octanol–water partition coefficient (Wildman–Crippen LogP) is -1.47. The van der Waals surface area contributed by atoms with Gasteiger partial charge >= 0.3 is 0 Å². The highest BCUT2D eigenvalue weighted by molar-refractivity contribution is 5.76. The molecule has 0 radical (unpaired) electrons. The van der Waals surface area contributed by atoms with Gasteiger partial charge in [0.15, 0.2) is 0 Å². The molecule has 90 valence electrons. The van der Waals surface area contributed by atoms with Gasteiger partial charge in [0, 0.05) is 6.42 Å². The SMILES string of the molecule is CC(CO)(CO)NC(=O)CCn1cncn1. The summed E-state index contributed by atoms with van der Waals surface area (Å²) in [5, 5.41) is 24.4. The van der Waals surface area contributed by atoms with E-state index in [9.17, 15) is 4.79 Å². The number of hydrogen-bond acceptors (Lipinski definition) is 5. The number of hydrogen-bond donors (Lipinski definition) is 3. The second-order valence-electron chi connectivity index (χ2n) is 3.83. The molecule has 16 heavy (non-hydrogen) atoms. The van der Waals surface area contributed by atoms with Crippen molar-refractivity contribution in [1.82, 2.24) is 20.1 Å². The zero-order valence-electron chi connectivity index (χ0n) is 9.13. The molecule has 0 fully saturated rings. The van der Waals surface area contributed by atoms with Gasteiger partial charge in [0.05, 0.1) is 25.3 Å². The van der Waals surface area contributed by atoms with Crippen molar-refractivity contribution in [3.05, 3.63) is 12.7 Å². The molecule has 1 aromatic heterocycles. The average molecular weight is 228 g/mol. The van der Waals surface area contributed by atoms with E-state index in [0.29, 0.717) is 6.54 Å². The summed E-state index contributed by atoms with van der Waals surface area (Å²) in [5.41, 5.74) is -0.973. The molecule has 0 bridgehead atoms. The van der Waals surface area contributed by atoms with Gasteiger partial charge in [-0.3, -0.25) is 9.48 Å². The zero-order valence-corrected chi connectivity index (χ0v) is 9.13. The van der Waals surface area contributed by atoms with E-state index in [0.717, 1.165) is 0 Å². The molecule has 0 saturated carbocycles. The zero-order chi connectivity index (χ0) is 12.0. The van der Waals surface area contributed by atoms with Gasteiger partial charge in [-0.1, -0.05) is 0 Å². The molecule has 0 atom stereocenters. The quantitative estimate of drug-likeness (QED) is 0.552. The smallest absolute Gasteiger partial charge is 0.222 e. The molecule has 0 aliphatic heterocycles. The molecule has 0 spiro atoms. The van der Waals surface area contributed by atoms with Crippen LogP contribution in [0.1, 0.15) is 13.3 Å². The van der Waals surface area contributed by atoms with Crippen molar-refractivity contribution in [2.24, 2.45) is 0 Å². The van der Waals surface area contributed by atoms with Gasteiger partial charge in [0.2, 0.25) is 5.91 Å². The number of rotatable bonds is 6. The lowest BCUT2D eigenvalue weighted by Gasteiger charge is -2.26. The van der Waals surface area contributed by atoms with E-state index in [-0.39, 0.29) is 25.5 Å². The Morgan fingerprint density at radius 2 is 2.19 bits per heavy atom. The van der Waals surface area contributed by atoms with Crippen LogP contribution in [0.2, 0.25) is 0 Å². The summed E-state index contributed by atoms with van der Waals surface area (Å²) in [6, 6.07) is 0. The van der Waals surface area contributed by atoms with Crippen molar-refractivity contribution < 1.29 is 15.0 Å². The standard InChI is InChI=1S/C9H16N4O3/c1-9(4-14,5-15)12-8(16)2-3-13-7-10-6-11-13/h6-7,14-15H,2-5H2,1H3,(H,12,16). The lowest BCUT2D eigenvalue weighted by atomic mass is 10.1. The molecule has 7 nitrogen and oxygen atoms in total. The minimum Gasteiger partial charge on any atom is -0.394 e. The van der Waals surface area contributed by atoms with Crippen LogP contribution in [0.25, 0.3) is 0 Å². The average Bonchev–Trinajstić information content (AvgIpc) is 2.79. The summed E-state index contributed by atoms with van der Waals surface area (Å²) in [6.07, 6.45) is 3.13. The number of aliphatic hydroxyl groups excluding tert-OH is 2. The number of carbonyl (C=O) groups excluding carboxylic acids is 1. The van der Waals surface area contributed by atoms with Gasteiger partial charge in [-0.15, -0.1) is 0 Å². The molecule has 1 heterocycles. The summed E-state index contributed by atoms with van der Waals surface area (Å²) < 4.78 is 1.54. The summed E-state index contributed by atoms with van der Waals surface area (Å²) in [7, 11) is 0. The van der Waals surface area contributed by atoms with E-state index in [1.54, 1.807) is 6.92 Å². The van der Waals surface area contributed by atoms with E-state index in [2.05, 4.69) is 15.4 Å². The molecule has 0 saturated heterocycles. The summed E-state index contributed by atoms with van der Waals surface area (Å²) in [5.74, 6) is -0.249. The third-order valence-electron chi connectivity index (χ3n) is 2.17. The first kappa shape index (κ1) is 12.6. The second-order valence-corrected chi connectivity index (χ2v) is 3.83. The summed E-state index contributed by atoms with van der Waals surface area (Å²) in [4.78, 5) is 15.2. The van der Waals surface area contributed by atoms with E-state index < -0.39 is 5.54 Å². The van der Waals surface area contributed by atoms with Gasteiger partial charge in [-0.2, -0.15) is 5.10 Å². The van der Waals surface area contributed by atoms with Crippen LogP contribution >= 0.6 is 0 Å². The fourth-order valence-corrected chi connectivity index (χ4v) is 1.09. The van der Waals surface area contributed by atoms with Crippen LogP contribution in [0.3, 0.4) is 0 Å². The lowest BCUT2D eigenvalue weighted by molar-refractivity contribution is -0.124. The Kier molecular flexibility index (Phi) is 4.39. The Hall–Kier alpha value is -1.47. The van der Waals surface area contributed by atoms with Crippen LogP contribution in [0.5, 0.6) is 0 Å². The number of amides is 1. The van der Waals surface area contributed by atoms with Crippen LogP contribution in [-0.2, 0) is 11.3 Å². The van der Waals surface area contributed by atoms with Crippen molar-refractivity contribution in [2.75, 3.05) is 13.2 Å². The maximum absolute atomic E-state index is 11.5. The van der Waals surface area contributed by atoms with Gasteiger partial charge in [-0.25, -0.2) is 4.98 Å². The fraction of sp³-hybridized carbons (Fsp3) is 0.667. The Bertz CT molecular complexity index is 322. The van der Waals surface area contributed by atoms with Crippen molar-refractivity contribution in [2.45, 2.75) is 25.4 Å². The van der Waals surface area contributed by atoms with Gasteiger partial charge in [-0.05, 0) is 6.92 Å². The van der Waals surface area contributed by atoms with E-state index in [1.165, 1.54) is 17.3 Å². The third kappa shape index (κ3) is 3.59. The highest BCUT2D eigenvalue weighted by Gasteiger charge is 2.24. The van der Waals surface area contributed by atoms with Gasteiger partial charge in [0.1, 0.15) is 12.7 Å². The summed E-state index contributed by atoms with van der Waals surface area (Å²) >= 11 is 0. The van der Waals surface area contributed by atoms with Crippen LogP contribution in [0.15, 0.2) is 12.7 Å². The number of aliphatic hydroxyl groups is 2. The van der Waals surface area contributed by atoms with Gasteiger partial charge < -0.3 is 15.5 Å². The summed E-state index contributed by atoms with van der Waals surface area (Å²) in [6.45, 7) is 1.37. The number of aromatic nitrogens is 3. The van der Waals surface area contributed by atoms with E-state index >= 15 is 0 Å². The molecule has 1 amide bonds. The number of carbonyl (C=O) groups is 1. The van der Waals surface area contributed by atoms with Crippen LogP contribution < -0.4 is 5.32 Å². The fourth-order valence-electron chi connectivity index (χ4n) is 1.09. The molecule has 0 unspecified atom stereocenters. The highest BCUT2D eigenvalue weighted by atomic mass is 16.3. The maximum Gasteiger partial charge on any atom is 0.222 e. The topological polar surface area (TPSA) is 100 Å². The largest absolute Gasteiger partial charge is 0.394 e. The number of nitrogens with one attached hydrogen (secondary N) is 1. The van der Waals surface area contributed by atoms with Crippen LogP contribution in [0.4, 0.5) is 0 Å². The molecule has 3 N–H and O–H groups in total. The van der Waals surface area contributed by atoms with E-state index in [1.807, 2.05) is 0 Å². The Balaban J connectivity index is 2.36. The molecule has 7 heteroatoms. The van der Waals surface area contributed by atoms with E-state index in [4.69, 9.17) is 10.2 Å². The van der Waals surface area contributed by atoms with Crippen LogP contribution in [0, 0.1) is 0 Å². The molecule has 1 aromatic rings. The second kappa shape index (κ2) is 5.57. The van der Waals surface area contributed by atoms with Crippen molar-refractivity contribution in [1.29, 1.82) is 0 Å². The molecule has 0 aliphatic rings. The Morgan fingerprint density at radius 3 is 2.69 bits per heavy atom. The minimum absolute atomic E-state index is 0.221. The predicted molar refractivity (Wildman–Crippen MR) is 55.4 cm³/mol. The molecular formula is C9H16N4O3. The first-order chi connectivity index (χ1) is 7.59. The minimum atomic E-state index is -0.973. The van der Waals surface area contributed by atoms with Crippen molar-refractivity contribution in [3.8, 4) is 0 Å². The van der Waals surface area contributed by atoms with Crippen LogP contribution in [-0.4, -0.2) is 49.6 Å². The molecule has 1 rings (SSSR count). The first-order valence-electron chi connectivity index (χ1n) is 4.95. The lowest BCUT2D eigenvalue weighted by Crippen LogP contribution is -2.51. The molecular weight excluding hydrogens is 212 g/mol. The molecule has 0 aliphatic carbocycles. The molecule has 0 aromatic carbocycles. The van der Waals surface area contributed by atoms with Gasteiger partial charge in [0.25, 0.3) is 0 Å². The Morgan fingerprint density at radius 1 is 1.50 bits per heavy atom. The maximum atomic E-state index is 11.5. The first-order valence-corrected chi connectivity index (χ1v) is 4.95.